The van der Waals surface area contributed by atoms with Crippen LogP contribution in [0.25, 0.3) is 0 Å². The van der Waals surface area contributed by atoms with Crippen LogP contribution < -0.4 is 5.32 Å². The SMILES string of the molecule is CNCc1cccc(C2CCC2)c1. The second-order valence-corrected chi connectivity index (χ2v) is 3.90. The fourth-order valence-corrected chi connectivity index (χ4v) is 1.90. The van der Waals surface area contributed by atoms with E-state index in [9.17, 15) is 0 Å². The zero-order valence-electron chi connectivity index (χ0n) is 8.22. The number of nitrogens with one attached hydrogen (secondary N) is 1. The lowest BCUT2D eigenvalue weighted by atomic mass is 9.80. The molecule has 0 amide bonds. The van der Waals surface area contributed by atoms with Gasteiger partial charge in [-0.25, -0.2) is 0 Å². The summed E-state index contributed by atoms with van der Waals surface area (Å²) >= 11 is 0. The summed E-state index contributed by atoms with van der Waals surface area (Å²) in [6, 6.07) is 8.99. The van der Waals surface area contributed by atoms with E-state index in [0.717, 1.165) is 12.5 Å². The Hall–Kier alpha value is -0.820. The van der Waals surface area contributed by atoms with Crippen molar-refractivity contribution in [2.24, 2.45) is 0 Å². The number of hydrogen-bond acceptors (Lipinski definition) is 1. The Morgan fingerprint density at radius 1 is 1.38 bits per heavy atom. The summed E-state index contributed by atoms with van der Waals surface area (Å²) < 4.78 is 0. The van der Waals surface area contributed by atoms with Crippen LogP contribution >= 0.6 is 0 Å². The fraction of sp³-hybridized carbons (Fsp3) is 0.500. The van der Waals surface area contributed by atoms with Crippen molar-refractivity contribution in [3.8, 4) is 0 Å². The van der Waals surface area contributed by atoms with Gasteiger partial charge in [-0.15, -0.1) is 0 Å². The van der Waals surface area contributed by atoms with Gasteiger partial charge in [0.1, 0.15) is 0 Å². The molecule has 1 nitrogen and oxygen atoms in total. The van der Waals surface area contributed by atoms with Gasteiger partial charge in [-0.2, -0.15) is 0 Å². The smallest absolute Gasteiger partial charge is 0.0202 e. The van der Waals surface area contributed by atoms with Gasteiger partial charge in [0.25, 0.3) is 0 Å². The lowest BCUT2D eigenvalue weighted by Crippen LogP contribution is -2.10. The van der Waals surface area contributed by atoms with Gasteiger partial charge in [0.2, 0.25) is 0 Å². The normalized spacial score (nSPS) is 17.0. The second-order valence-electron chi connectivity index (χ2n) is 3.90. The van der Waals surface area contributed by atoms with E-state index >= 15 is 0 Å². The number of hydrogen-bond donors (Lipinski definition) is 1. The summed E-state index contributed by atoms with van der Waals surface area (Å²) in [5.74, 6) is 0.858. The van der Waals surface area contributed by atoms with Gasteiger partial charge in [-0.1, -0.05) is 30.7 Å². The van der Waals surface area contributed by atoms with Crippen molar-refractivity contribution in [3.63, 3.8) is 0 Å². The van der Waals surface area contributed by atoms with Crippen LogP contribution in [0, 0.1) is 0 Å². The topological polar surface area (TPSA) is 12.0 Å². The summed E-state index contributed by atoms with van der Waals surface area (Å²) in [7, 11) is 2.00. The Labute approximate surface area is 80.2 Å². The third-order valence-electron chi connectivity index (χ3n) is 2.91. The Balaban J connectivity index is 2.11. The van der Waals surface area contributed by atoms with Crippen LogP contribution in [0.15, 0.2) is 24.3 Å². The first kappa shape index (κ1) is 8.76. The predicted octanol–water partition coefficient (Wildman–Crippen LogP) is 2.67. The van der Waals surface area contributed by atoms with Crippen molar-refractivity contribution in [1.82, 2.24) is 5.32 Å². The van der Waals surface area contributed by atoms with E-state index in [2.05, 4.69) is 29.6 Å². The molecule has 0 saturated heterocycles. The maximum absolute atomic E-state index is 3.19. The standard InChI is InChI=1S/C12H17N/c1-13-9-10-4-2-7-12(8-10)11-5-3-6-11/h2,4,7-8,11,13H,3,5-6,9H2,1H3. The minimum atomic E-state index is 0.858. The highest BCUT2D eigenvalue weighted by molar-refractivity contribution is 5.27. The lowest BCUT2D eigenvalue weighted by Gasteiger charge is -2.26. The third kappa shape index (κ3) is 1.92. The first-order valence-corrected chi connectivity index (χ1v) is 5.13. The summed E-state index contributed by atoms with van der Waals surface area (Å²) in [4.78, 5) is 0. The van der Waals surface area contributed by atoms with E-state index in [1.54, 1.807) is 5.56 Å². The molecule has 0 bridgehead atoms. The van der Waals surface area contributed by atoms with Gasteiger partial charge in [-0.05, 0) is 36.9 Å². The summed E-state index contributed by atoms with van der Waals surface area (Å²) in [6.07, 6.45) is 4.20. The summed E-state index contributed by atoms with van der Waals surface area (Å²) in [5.41, 5.74) is 2.95. The lowest BCUT2D eigenvalue weighted by molar-refractivity contribution is 0.419. The highest BCUT2D eigenvalue weighted by atomic mass is 14.8. The molecule has 1 aromatic rings. The van der Waals surface area contributed by atoms with Gasteiger partial charge in [0.05, 0.1) is 0 Å². The molecule has 0 spiro atoms. The van der Waals surface area contributed by atoms with E-state index in [-0.39, 0.29) is 0 Å². The van der Waals surface area contributed by atoms with Gasteiger partial charge >= 0.3 is 0 Å². The first-order chi connectivity index (χ1) is 6.40. The van der Waals surface area contributed by atoms with E-state index in [0.29, 0.717) is 0 Å². The average Bonchev–Trinajstić information content (AvgIpc) is 2.02. The van der Waals surface area contributed by atoms with Crippen molar-refractivity contribution >= 4 is 0 Å². The quantitative estimate of drug-likeness (QED) is 0.744. The molecular formula is C12H17N. The van der Waals surface area contributed by atoms with Gasteiger partial charge in [-0.3, -0.25) is 0 Å². The maximum Gasteiger partial charge on any atom is 0.0202 e. The molecule has 0 unspecified atom stereocenters. The molecule has 70 valence electrons. The molecule has 0 heterocycles. The van der Waals surface area contributed by atoms with E-state index in [1.165, 1.54) is 24.8 Å². The van der Waals surface area contributed by atoms with Gasteiger partial charge < -0.3 is 5.32 Å². The molecule has 1 aliphatic carbocycles. The number of benzene rings is 1. The molecule has 1 heteroatoms. The van der Waals surface area contributed by atoms with Crippen molar-refractivity contribution in [3.05, 3.63) is 35.4 Å². The van der Waals surface area contributed by atoms with Crippen molar-refractivity contribution < 1.29 is 0 Å². The average molecular weight is 175 g/mol. The van der Waals surface area contributed by atoms with Crippen LogP contribution in [0.4, 0.5) is 0 Å². The first-order valence-electron chi connectivity index (χ1n) is 5.13. The monoisotopic (exact) mass is 175 g/mol. The van der Waals surface area contributed by atoms with E-state index in [4.69, 9.17) is 0 Å². The molecule has 0 radical (unpaired) electrons. The van der Waals surface area contributed by atoms with Gasteiger partial charge in [0, 0.05) is 6.54 Å². The van der Waals surface area contributed by atoms with Crippen LogP contribution in [-0.2, 0) is 6.54 Å². The molecule has 0 aromatic heterocycles. The highest BCUT2D eigenvalue weighted by Gasteiger charge is 2.18. The molecule has 1 saturated carbocycles. The third-order valence-corrected chi connectivity index (χ3v) is 2.91. The van der Waals surface area contributed by atoms with Crippen LogP contribution in [0.2, 0.25) is 0 Å². The van der Waals surface area contributed by atoms with E-state index in [1.807, 2.05) is 7.05 Å². The van der Waals surface area contributed by atoms with Crippen LogP contribution in [0.3, 0.4) is 0 Å². The molecule has 13 heavy (non-hydrogen) atoms. The van der Waals surface area contributed by atoms with Crippen molar-refractivity contribution in [2.75, 3.05) is 7.05 Å². The molecule has 2 rings (SSSR count). The molecule has 0 atom stereocenters. The molecule has 0 aliphatic heterocycles. The second kappa shape index (κ2) is 3.93. The van der Waals surface area contributed by atoms with Crippen molar-refractivity contribution in [1.29, 1.82) is 0 Å². The molecular weight excluding hydrogens is 158 g/mol. The minimum Gasteiger partial charge on any atom is -0.316 e. The maximum atomic E-state index is 3.19. The number of rotatable bonds is 3. The Morgan fingerprint density at radius 2 is 2.23 bits per heavy atom. The summed E-state index contributed by atoms with van der Waals surface area (Å²) in [6.45, 7) is 0.987. The zero-order valence-corrected chi connectivity index (χ0v) is 8.22. The zero-order chi connectivity index (χ0) is 9.10. The van der Waals surface area contributed by atoms with Crippen LogP contribution in [0.1, 0.15) is 36.3 Å². The summed E-state index contributed by atoms with van der Waals surface area (Å²) in [5, 5.41) is 3.19. The molecule has 1 fully saturated rings. The molecule has 1 aromatic carbocycles. The minimum absolute atomic E-state index is 0.858. The fourth-order valence-electron chi connectivity index (χ4n) is 1.90. The Morgan fingerprint density at radius 3 is 2.85 bits per heavy atom. The van der Waals surface area contributed by atoms with Crippen molar-refractivity contribution in [2.45, 2.75) is 31.7 Å². The Kier molecular flexibility index (Phi) is 2.65. The Bertz CT molecular complexity index is 276. The van der Waals surface area contributed by atoms with Crippen LogP contribution in [0.5, 0.6) is 0 Å². The highest BCUT2D eigenvalue weighted by Crippen LogP contribution is 2.36. The van der Waals surface area contributed by atoms with E-state index < -0.39 is 0 Å². The van der Waals surface area contributed by atoms with Crippen LogP contribution in [-0.4, -0.2) is 7.05 Å². The molecule has 1 N–H and O–H groups in total. The molecule has 1 aliphatic rings. The predicted molar refractivity (Wildman–Crippen MR) is 55.8 cm³/mol. The van der Waals surface area contributed by atoms with Gasteiger partial charge in [0.15, 0.2) is 0 Å². The largest absolute Gasteiger partial charge is 0.316 e.